The first kappa shape index (κ1) is 18.3. The molecule has 1 saturated carbocycles. The van der Waals surface area contributed by atoms with Crippen molar-refractivity contribution < 1.29 is 4.79 Å². The van der Waals surface area contributed by atoms with Crippen LogP contribution < -0.4 is 10.9 Å². The summed E-state index contributed by atoms with van der Waals surface area (Å²) in [6.45, 7) is 6.32. The van der Waals surface area contributed by atoms with Crippen molar-refractivity contribution in [3.8, 4) is 0 Å². The molecular formula is C23H25N3O2. The second-order valence-electron chi connectivity index (χ2n) is 7.77. The lowest BCUT2D eigenvalue weighted by Crippen LogP contribution is -2.38. The molecule has 2 amide bonds. The zero-order chi connectivity index (χ0) is 19.8. The molecule has 4 rings (SSSR count). The largest absolute Gasteiger partial charge is 0.322 e. The van der Waals surface area contributed by atoms with Gasteiger partial charge in [0, 0.05) is 17.3 Å². The fourth-order valence-electron chi connectivity index (χ4n) is 3.69. The van der Waals surface area contributed by atoms with Gasteiger partial charge in [0.05, 0.1) is 12.1 Å². The minimum Gasteiger partial charge on any atom is -0.321 e. The molecule has 3 aromatic rings. The van der Waals surface area contributed by atoms with E-state index in [9.17, 15) is 9.59 Å². The van der Waals surface area contributed by atoms with Gasteiger partial charge in [-0.25, -0.2) is 4.79 Å². The van der Waals surface area contributed by atoms with Crippen LogP contribution in [0.3, 0.4) is 0 Å². The summed E-state index contributed by atoms with van der Waals surface area (Å²) < 4.78 is 0. The van der Waals surface area contributed by atoms with Crippen LogP contribution in [0.2, 0.25) is 0 Å². The zero-order valence-corrected chi connectivity index (χ0v) is 16.5. The number of anilines is 1. The van der Waals surface area contributed by atoms with Crippen molar-refractivity contribution >= 4 is 22.6 Å². The smallest absolute Gasteiger partial charge is 0.321 e. The van der Waals surface area contributed by atoms with E-state index in [1.165, 1.54) is 0 Å². The second kappa shape index (κ2) is 7.15. The number of carbonyl (C=O) groups is 1. The van der Waals surface area contributed by atoms with Crippen LogP contribution in [0, 0.1) is 20.8 Å². The fourth-order valence-corrected chi connectivity index (χ4v) is 3.69. The Balaban J connectivity index is 1.63. The Hall–Kier alpha value is -3.08. The van der Waals surface area contributed by atoms with Crippen LogP contribution in [0.1, 0.15) is 35.1 Å². The van der Waals surface area contributed by atoms with Gasteiger partial charge in [0.15, 0.2) is 0 Å². The molecule has 0 spiro atoms. The molecule has 144 valence electrons. The van der Waals surface area contributed by atoms with Crippen molar-refractivity contribution in [2.45, 2.75) is 46.2 Å². The van der Waals surface area contributed by atoms with Crippen LogP contribution >= 0.6 is 0 Å². The number of nitrogens with one attached hydrogen (secondary N) is 2. The van der Waals surface area contributed by atoms with Crippen molar-refractivity contribution in [1.82, 2.24) is 9.88 Å². The van der Waals surface area contributed by atoms with Crippen LogP contribution in [-0.4, -0.2) is 22.0 Å². The average molecular weight is 375 g/mol. The first-order valence-electron chi connectivity index (χ1n) is 9.69. The second-order valence-corrected chi connectivity index (χ2v) is 7.77. The summed E-state index contributed by atoms with van der Waals surface area (Å²) in [7, 11) is 0. The monoisotopic (exact) mass is 375 g/mol. The Labute approximate surface area is 164 Å². The third kappa shape index (κ3) is 3.65. The third-order valence-corrected chi connectivity index (χ3v) is 5.35. The van der Waals surface area contributed by atoms with E-state index < -0.39 is 0 Å². The first-order chi connectivity index (χ1) is 13.4. The first-order valence-corrected chi connectivity index (χ1v) is 9.69. The molecule has 0 aliphatic heterocycles. The number of hydrogen-bond donors (Lipinski definition) is 2. The van der Waals surface area contributed by atoms with Gasteiger partial charge >= 0.3 is 6.03 Å². The Kier molecular flexibility index (Phi) is 4.67. The van der Waals surface area contributed by atoms with Crippen LogP contribution in [0.15, 0.2) is 47.3 Å². The quantitative estimate of drug-likeness (QED) is 0.697. The molecule has 0 bridgehead atoms. The van der Waals surface area contributed by atoms with Gasteiger partial charge in [0.2, 0.25) is 0 Å². The number of aromatic nitrogens is 1. The maximum atomic E-state index is 12.9. The lowest BCUT2D eigenvalue weighted by Gasteiger charge is -2.23. The van der Waals surface area contributed by atoms with Crippen molar-refractivity contribution in [2.24, 2.45) is 0 Å². The average Bonchev–Trinajstić information content (AvgIpc) is 3.47. The van der Waals surface area contributed by atoms with Crippen molar-refractivity contribution in [3.05, 3.63) is 75.1 Å². The van der Waals surface area contributed by atoms with E-state index in [1.807, 2.05) is 51.1 Å². The van der Waals surface area contributed by atoms with Crippen molar-refractivity contribution in [1.29, 1.82) is 0 Å². The van der Waals surface area contributed by atoms with Gasteiger partial charge in [-0.2, -0.15) is 0 Å². The van der Waals surface area contributed by atoms with Gasteiger partial charge in [0.25, 0.3) is 5.56 Å². The van der Waals surface area contributed by atoms with Crippen molar-refractivity contribution in [2.75, 3.05) is 5.32 Å². The van der Waals surface area contributed by atoms with Crippen LogP contribution in [-0.2, 0) is 6.54 Å². The van der Waals surface area contributed by atoms with E-state index in [1.54, 1.807) is 4.90 Å². The van der Waals surface area contributed by atoms with Crippen molar-refractivity contribution in [3.63, 3.8) is 0 Å². The molecule has 28 heavy (non-hydrogen) atoms. The number of aromatic amines is 1. The highest BCUT2D eigenvalue weighted by Crippen LogP contribution is 2.29. The Morgan fingerprint density at radius 1 is 1.11 bits per heavy atom. The molecule has 1 aromatic heterocycles. The summed E-state index contributed by atoms with van der Waals surface area (Å²) >= 11 is 0. The van der Waals surface area contributed by atoms with E-state index in [2.05, 4.69) is 22.4 Å². The lowest BCUT2D eigenvalue weighted by molar-refractivity contribution is 0.206. The number of pyridine rings is 1. The predicted octanol–water partition coefficient (Wildman–Crippen LogP) is 4.65. The summed E-state index contributed by atoms with van der Waals surface area (Å²) in [6.07, 6.45) is 1.95. The molecule has 5 heteroatoms. The highest BCUT2D eigenvalue weighted by atomic mass is 16.2. The molecule has 1 fully saturated rings. The van der Waals surface area contributed by atoms with E-state index in [0.29, 0.717) is 12.1 Å². The normalized spacial score (nSPS) is 13.5. The number of para-hydroxylation sites is 1. The summed E-state index contributed by atoms with van der Waals surface area (Å²) in [5.74, 6) is 0. The van der Waals surface area contributed by atoms with Gasteiger partial charge in [-0.15, -0.1) is 0 Å². The number of carbonyl (C=O) groups excluding carboxylic acids is 1. The lowest BCUT2D eigenvalue weighted by atomic mass is 10.1. The van der Waals surface area contributed by atoms with Crippen LogP contribution in [0.25, 0.3) is 10.9 Å². The van der Waals surface area contributed by atoms with Crippen LogP contribution in [0.5, 0.6) is 0 Å². The number of hydrogen-bond acceptors (Lipinski definition) is 2. The topological polar surface area (TPSA) is 65.2 Å². The Morgan fingerprint density at radius 3 is 2.57 bits per heavy atom. The minimum absolute atomic E-state index is 0.131. The Bertz CT molecular complexity index is 1110. The number of urea groups is 1. The standard InChI is InChI=1S/C23H25N3O2/c1-14-10-16(3)21-17(11-14)12-18(22(27)25-21)13-26(19-8-9-19)23(28)24-20-7-5-4-6-15(20)2/h4-7,10-12,19H,8-9,13H2,1-3H3,(H,24,28)(H,25,27). The van der Waals surface area contributed by atoms with E-state index in [-0.39, 0.29) is 17.6 Å². The van der Waals surface area contributed by atoms with E-state index in [0.717, 1.165) is 46.1 Å². The summed E-state index contributed by atoms with van der Waals surface area (Å²) in [5.41, 5.74) is 5.37. The number of benzene rings is 2. The van der Waals surface area contributed by atoms with Gasteiger partial charge in [0.1, 0.15) is 0 Å². The Morgan fingerprint density at radius 2 is 1.86 bits per heavy atom. The number of H-pyrrole nitrogens is 1. The summed E-state index contributed by atoms with van der Waals surface area (Å²) in [5, 5.41) is 4.00. The molecule has 0 atom stereocenters. The highest BCUT2D eigenvalue weighted by molar-refractivity contribution is 5.90. The molecular weight excluding hydrogens is 350 g/mol. The highest BCUT2D eigenvalue weighted by Gasteiger charge is 2.33. The number of fused-ring (bicyclic) bond motifs is 1. The number of amides is 2. The van der Waals surface area contributed by atoms with E-state index >= 15 is 0 Å². The van der Waals surface area contributed by atoms with E-state index in [4.69, 9.17) is 0 Å². The molecule has 1 aliphatic rings. The minimum atomic E-state index is -0.156. The maximum absolute atomic E-state index is 12.9. The third-order valence-electron chi connectivity index (χ3n) is 5.35. The molecule has 0 saturated heterocycles. The molecule has 2 N–H and O–H groups in total. The molecule has 1 heterocycles. The van der Waals surface area contributed by atoms with Gasteiger partial charge in [-0.05, 0) is 68.3 Å². The summed E-state index contributed by atoms with van der Waals surface area (Å²) in [6, 6.07) is 13.8. The molecule has 1 aliphatic carbocycles. The number of aryl methyl sites for hydroxylation is 3. The number of rotatable bonds is 4. The number of nitrogens with zero attached hydrogens (tertiary/aromatic N) is 1. The van der Waals surface area contributed by atoms with Gasteiger partial charge in [-0.3, -0.25) is 4.79 Å². The summed E-state index contributed by atoms with van der Waals surface area (Å²) in [4.78, 5) is 30.4. The molecule has 0 unspecified atom stereocenters. The fraction of sp³-hybridized carbons (Fsp3) is 0.304. The molecule has 0 radical (unpaired) electrons. The SMILES string of the molecule is Cc1cc(C)c2[nH]c(=O)c(CN(C(=O)Nc3ccccc3C)C3CC3)cc2c1. The predicted molar refractivity (Wildman–Crippen MR) is 113 cm³/mol. The van der Waals surface area contributed by atoms with Gasteiger partial charge < -0.3 is 15.2 Å². The maximum Gasteiger partial charge on any atom is 0.322 e. The van der Waals surface area contributed by atoms with Gasteiger partial charge in [-0.1, -0.05) is 29.8 Å². The molecule has 2 aromatic carbocycles. The van der Waals surface area contributed by atoms with Crippen LogP contribution in [0.4, 0.5) is 10.5 Å². The zero-order valence-electron chi connectivity index (χ0n) is 16.5. The molecule has 5 nitrogen and oxygen atoms in total.